The van der Waals surface area contributed by atoms with Crippen molar-refractivity contribution in [3.05, 3.63) is 41.2 Å². The van der Waals surface area contributed by atoms with Crippen LogP contribution in [-0.4, -0.2) is 42.5 Å². The van der Waals surface area contributed by atoms with Crippen LogP contribution in [0.2, 0.25) is 0 Å². The molecule has 1 amide bonds. The SMILES string of the molecule is CNCC1CCCN(C(=O)c2csc(-c3ccc(F)cc3)n2)C1.Cl.Cl. The summed E-state index contributed by atoms with van der Waals surface area (Å²) in [6, 6.07) is 6.19. The molecule has 0 spiro atoms. The number of nitrogens with one attached hydrogen (secondary N) is 1. The normalized spacial score (nSPS) is 16.7. The highest BCUT2D eigenvalue weighted by atomic mass is 35.5. The van der Waals surface area contributed by atoms with Crippen LogP contribution in [0.1, 0.15) is 23.3 Å². The van der Waals surface area contributed by atoms with Crippen LogP contribution >= 0.6 is 36.2 Å². The minimum absolute atomic E-state index is 0. The van der Waals surface area contributed by atoms with Crippen LogP contribution in [0.15, 0.2) is 29.6 Å². The van der Waals surface area contributed by atoms with Crippen molar-refractivity contribution in [2.45, 2.75) is 12.8 Å². The molecule has 1 aromatic heterocycles. The number of thiazole rings is 1. The van der Waals surface area contributed by atoms with E-state index in [2.05, 4.69) is 10.3 Å². The molecule has 1 atom stereocenters. The van der Waals surface area contributed by atoms with Crippen molar-refractivity contribution >= 4 is 42.1 Å². The fourth-order valence-electron chi connectivity index (χ4n) is 2.96. The van der Waals surface area contributed by atoms with Gasteiger partial charge in [0.15, 0.2) is 0 Å². The average molecular weight is 406 g/mol. The van der Waals surface area contributed by atoms with E-state index in [1.54, 1.807) is 17.5 Å². The highest BCUT2D eigenvalue weighted by Gasteiger charge is 2.25. The van der Waals surface area contributed by atoms with Crippen molar-refractivity contribution < 1.29 is 9.18 Å². The van der Waals surface area contributed by atoms with Crippen molar-refractivity contribution in [3.63, 3.8) is 0 Å². The second-order valence-electron chi connectivity index (χ2n) is 5.86. The predicted octanol–water partition coefficient (Wildman–Crippen LogP) is 3.86. The third kappa shape index (κ3) is 5.38. The van der Waals surface area contributed by atoms with Gasteiger partial charge in [0.2, 0.25) is 0 Å². The third-order valence-corrected chi connectivity index (χ3v) is 5.00. The highest BCUT2D eigenvalue weighted by Crippen LogP contribution is 2.25. The standard InChI is InChI=1S/C17H20FN3OS.2ClH/c1-19-9-12-3-2-8-21(10-12)17(22)15-11-23-16(20-15)13-4-6-14(18)7-5-13;;/h4-7,11-12,19H,2-3,8-10H2,1H3;2*1H. The van der Waals surface area contributed by atoms with Crippen molar-refractivity contribution in [1.29, 1.82) is 0 Å². The number of halogens is 3. The molecule has 0 bridgehead atoms. The minimum Gasteiger partial charge on any atom is -0.337 e. The number of piperidine rings is 1. The largest absolute Gasteiger partial charge is 0.337 e. The summed E-state index contributed by atoms with van der Waals surface area (Å²) in [4.78, 5) is 19.0. The van der Waals surface area contributed by atoms with Crippen molar-refractivity contribution in [1.82, 2.24) is 15.2 Å². The summed E-state index contributed by atoms with van der Waals surface area (Å²) in [7, 11) is 1.94. The van der Waals surface area contributed by atoms with Gasteiger partial charge < -0.3 is 10.2 Å². The summed E-state index contributed by atoms with van der Waals surface area (Å²) in [5.41, 5.74) is 1.32. The second-order valence-corrected chi connectivity index (χ2v) is 6.72. The van der Waals surface area contributed by atoms with E-state index in [1.165, 1.54) is 23.5 Å². The van der Waals surface area contributed by atoms with Gasteiger partial charge in [-0.25, -0.2) is 9.37 Å². The van der Waals surface area contributed by atoms with Gasteiger partial charge >= 0.3 is 0 Å². The van der Waals surface area contributed by atoms with Crippen LogP contribution < -0.4 is 5.32 Å². The Kier molecular flexibility index (Phi) is 8.79. The van der Waals surface area contributed by atoms with Gasteiger partial charge in [-0.2, -0.15) is 0 Å². The third-order valence-electron chi connectivity index (χ3n) is 4.11. The first kappa shape index (κ1) is 21.8. The zero-order chi connectivity index (χ0) is 16.2. The van der Waals surface area contributed by atoms with E-state index in [-0.39, 0.29) is 36.5 Å². The molecule has 0 saturated carbocycles. The Balaban J connectivity index is 0.00000156. The first-order chi connectivity index (χ1) is 11.2. The lowest BCUT2D eigenvalue weighted by Crippen LogP contribution is -2.42. The Morgan fingerprint density at radius 2 is 2.08 bits per heavy atom. The van der Waals surface area contributed by atoms with Gasteiger partial charge in [-0.3, -0.25) is 4.79 Å². The summed E-state index contributed by atoms with van der Waals surface area (Å²) in [6.07, 6.45) is 2.19. The summed E-state index contributed by atoms with van der Waals surface area (Å²) >= 11 is 1.42. The lowest BCUT2D eigenvalue weighted by atomic mass is 9.98. The zero-order valence-corrected chi connectivity index (χ0v) is 16.4. The Bertz CT molecular complexity index is 679. The maximum atomic E-state index is 13.0. The monoisotopic (exact) mass is 405 g/mol. The van der Waals surface area contributed by atoms with Gasteiger partial charge in [-0.05, 0) is 56.6 Å². The number of hydrogen-bond acceptors (Lipinski definition) is 4. The molecule has 1 N–H and O–H groups in total. The highest BCUT2D eigenvalue weighted by molar-refractivity contribution is 7.13. The molecule has 3 rings (SSSR count). The lowest BCUT2D eigenvalue weighted by Gasteiger charge is -2.32. The molecule has 1 fully saturated rings. The first-order valence-electron chi connectivity index (χ1n) is 7.82. The van der Waals surface area contributed by atoms with Crippen LogP contribution in [0.3, 0.4) is 0 Å². The molecule has 1 aliphatic rings. The fourth-order valence-corrected chi connectivity index (χ4v) is 3.76. The molecule has 0 radical (unpaired) electrons. The molecule has 8 heteroatoms. The topological polar surface area (TPSA) is 45.2 Å². The summed E-state index contributed by atoms with van der Waals surface area (Å²) in [5, 5.41) is 5.73. The quantitative estimate of drug-likeness (QED) is 0.839. The van der Waals surface area contributed by atoms with E-state index < -0.39 is 0 Å². The Morgan fingerprint density at radius 1 is 1.36 bits per heavy atom. The molecule has 25 heavy (non-hydrogen) atoms. The Labute approximate surface area is 163 Å². The van der Waals surface area contributed by atoms with Crippen LogP contribution in [-0.2, 0) is 0 Å². The van der Waals surface area contributed by atoms with Crippen molar-refractivity contribution in [2.24, 2.45) is 5.92 Å². The van der Waals surface area contributed by atoms with Gasteiger partial charge in [-0.15, -0.1) is 36.2 Å². The molecule has 0 aliphatic carbocycles. The molecule has 4 nitrogen and oxygen atoms in total. The Morgan fingerprint density at radius 3 is 2.76 bits per heavy atom. The molecule has 1 unspecified atom stereocenters. The number of carbonyl (C=O) groups excluding carboxylic acids is 1. The van der Waals surface area contributed by atoms with E-state index in [0.717, 1.165) is 43.0 Å². The summed E-state index contributed by atoms with van der Waals surface area (Å²) in [6.45, 7) is 2.51. The van der Waals surface area contributed by atoms with E-state index in [0.29, 0.717) is 11.6 Å². The van der Waals surface area contributed by atoms with Gasteiger partial charge in [0.05, 0.1) is 0 Å². The number of hydrogen-bond donors (Lipinski definition) is 1. The first-order valence-corrected chi connectivity index (χ1v) is 8.70. The van der Waals surface area contributed by atoms with Crippen LogP contribution in [0.25, 0.3) is 10.6 Å². The maximum absolute atomic E-state index is 13.0. The van der Waals surface area contributed by atoms with Crippen LogP contribution in [0.5, 0.6) is 0 Å². The van der Waals surface area contributed by atoms with Crippen LogP contribution in [0, 0.1) is 11.7 Å². The molecule has 2 heterocycles. The minimum atomic E-state index is -0.273. The zero-order valence-electron chi connectivity index (χ0n) is 13.9. The number of likely N-dealkylation sites (tertiary alicyclic amines) is 1. The molecule has 1 aliphatic heterocycles. The van der Waals surface area contributed by atoms with Gasteiger partial charge in [0.25, 0.3) is 5.91 Å². The van der Waals surface area contributed by atoms with E-state index in [9.17, 15) is 9.18 Å². The lowest BCUT2D eigenvalue weighted by molar-refractivity contribution is 0.0669. The van der Waals surface area contributed by atoms with Gasteiger partial charge in [0.1, 0.15) is 16.5 Å². The predicted molar refractivity (Wildman–Crippen MR) is 105 cm³/mol. The Hall–Kier alpha value is -1.21. The molecule has 2 aromatic rings. The van der Waals surface area contributed by atoms with Crippen molar-refractivity contribution in [2.75, 3.05) is 26.7 Å². The molecular formula is C17H22Cl2FN3OS. The summed E-state index contributed by atoms with van der Waals surface area (Å²) in [5.74, 6) is 0.230. The molecule has 1 saturated heterocycles. The average Bonchev–Trinajstić information content (AvgIpc) is 3.05. The van der Waals surface area contributed by atoms with Gasteiger partial charge in [-0.1, -0.05) is 0 Å². The number of nitrogens with zero attached hydrogens (tertiary/aromatic N) is 2. The molecule has 1 aromatic carbocycles. The number of aromatic nitrogens is 1. The summed E-state index contributed by atoms with van der Waals surface area (Å²) < 4.78 is 13.0. The fraction of sp³-hybridized carbons (Fsp3) is 0.412. The number of rotatable bonds is 4. The van der Waals surface area contributed by atoms with E-state index >= 15 is 0 Å². The number of carbonyl (C=O) groups is 1. The molecule has 138 valence electrons. The van der Waals surface area contributed by atoms with Crippen LogP contribution in [0.4, 0.5) is 4.39 Å². The maximum Gasteiger partial charge on any atom is 0.273 e. The van der Waals surface area contributed by atoms with E-state index in [4.69, 9.17) is 0 Å². The van der Waals surface area contributed by atoms with Crippen molar-refractivity contribution in [3.8, 4) is 10.6 Å². The number of amides is 1. The second kappa shape index (κ2) is 10.1. The molecular weight excluding hydrogens is 384 g/mol. The van der Waals surface area contributed by atoms with Gasteiger partial charge in [0, 0.05) is 24.0 Å². The van der Waals surface area contributed by atoms with E-state index in [1.807, 2.05) is 11.9 Å². The smallest absolute Gasteiger partial charge is 0.273 e. The number of benzene rings is 1.